The van der Waals surface area contributed by atoms with E-state index in [9.17, 15) is 18.7 Å². The van der Waals surface area contributed by atoms with Gasteiger partial charge in [0.2, 0.25) is 5.92 Å². The van der Waals surface area contributed by atoms with E-state index in [1.165, 1.54) is 7.11 Å². The molecule has 0 bridgehead atoms. The fourth-order valence-corrected chi connectivity index (χ4v) is 2.59. The summed E-state index contributed by atoms with van der Waals surface area (Å²) in [4.78, 5) is 11.6. The van der Waals surface area contributed by atoms with Crippen LogP contribution in [-0.4, -0.2) is 24.1 Å². The van der Waals surface area contributed by atoms with Gasteiger partial charge in [0, 0.05) is 12.8 Å². The first-order valence-electron chi connectivity index (χ1n) is 6.15. The third-order valence-corrected chi connectivity index (χ3v) is 3.87. The number of alkyl halides is 2. The molecule has 2 rings (SSSR count). The van der Waals surface area contributed by atoms with E-state index in [0.29, 0.717) is 11.3 Å². The zero-order valence-electron chi connectivity index (χ0n) is 10.7. The molecular formula is C14H16F2O3. The standard InChI is InChI=1S/C14H16F2O3/c1-19-11-4-2-3-10(9-11)13(12(17)18)5-7-14(15,16)8-6-13/h2-4,9H,5-8H2,1H3,(H,17,18). The molecule has 0 amide bonds. The van der Waals surface area contributed by atoms with Crippen molar-refractivity contribution in [1.29, 1.82) is 0 Å². The summed E-state index contributed by atoms with van der Waals surface area (Å²) in [6, 6.07) is 6.68. The van der Waals surface area contributed by atoms with Crippen LogP contribution in [0.5, 0.6) is 5.75 Å². The number of aliphatic carboxylic acids is 1. The van der Waals surface area contributed by atoms with Gasteiger partial charge in [0.25, 0.3) is 0 Å². The summed E-state index contributed by atoms with van der Waals surface area (Å²) in [6.45, 7) is 0. The third kappa shape index (κ3) is 2.55. The molecule has 1 fully saturated rings. The lowest BCUT2D eigenvalue weighted by Crippen LogP contribution is -2.42. The molecule has 0 aliphatic heterocycles. The Hall–Kier alpha value is -1.65. The highest BCUT2D eigenvalue weighted by atomic mass is 19.3. The molecular weight excluding hydrogens is 254 g/mol. The average Bonchev–Trinajstić information content (AvgIpc) is 2.39. The Labute approximate surface area is 110 Å². The van der Waals surface area contributed by atoms with Crippen LogP contribution in [0.15, 0.2) is 24.3 Å². The van der Waals surface area contributed by atoms with Crippen LogP contribution < -0.4 is 4.74 Å². The maximum atomic E-state index is 13.3. The van der Waals surface area contributed by atoms with E-state index < -0.39 is 30.1 Å². The molecule has 0 unspecified atom stereocenters. The van der Waals surface area contributed by atoms with Gasteiger partial charge in [-0.2, -0.15) is 0 Å². The van der Waals surface area contributed by atoms with E-state index in [1.54, 1.807) is 24.3 Å². The molecule has 3 nitrogen and oxygen atoms in total. The lowest BCUT2D eigenvalue weighted by atomic mass is 9.68. The minimum atomic E-state index is -2.75. The van der Waals surface area contributed by atoms with Gasteiger partial charge in [-0.15, -0.1) is 0 Å². The molecule has 1 aliphatic rings. The van der Waals surface area contributed by atoms with E-state index in [4.69, 9.17) is 4.74 Å². The largest absolute Gasteiger partial charge is 0.497 e. The molecule has 0 atom stereocenters. The topological polar surface area (TPSA) is 46.5 Å². The molecule has 0 saturated heterocycles. The number of benzene rings is 1. The summed E-state index contributed by atoms with van der Waals surface area (Å²) < 4.78 is 31.6. The molecule has 1 aliphatic carbocycles. The number of halogens is 2. The molecule has 0 heterocycles. The van der Waals surface area contributed by atoms with Gasteiger partial charge in [-0.3, -0.25) is 4.79 Å². The van der Waals surface area contributed by atoms with Crippen molar-refractivity contribution in [2.24, 2.45) is 0 Å². The van der Waals surface area contributed by atoms with Crippen molar-refractivity contribution in [2.75, 3.05) is 7.11 Å². The van der Waals surface area contributed by atoms with Gasteiger partial charge in [0.1, 0.15) is 5.75 Å². The number of hydrogen-bond acceptors (Lipinski definition) is 2. The molecule has 1 saturated carbocycles. The number of rotatable bonds is 3. The van der Waals surface area contributed by atoms with Crippen LogP contribution in [0.25, 0.3) is 0 Å². The fourth-order valence-electron chi connectivity index (χ4n) is 2.59. The predicted octanol–water partition coefficient (Wildman–Crippen LogP) is 3.23. The molecule has 5 heteroatoms. The number of hydrogen-bond donors (Lipinski definition) is 1. The maximum absolute atomic E-state index is 13.3. The molecule has 1 aromatic carbocycles. The Morgan fingerprint density at radius 1 is 1.26 bits per heavy atom. The van der Waals surface area contributed by atoms with E-state index in [2.05, 4.69) is 0 Å². The van der Waals surface area contributed by atoms with Crippen LogP contribution in [0.4, 0.5) is 8.78 Å². The zero-order valence-corrected chi connectivity index (χ0v) is 10.7. The van der Waals surface area contributed by atoms with Crippen LogP contribution in [0.3, 0.4) is 0 Å². The monoisotopic (exact) mass is 270 g/mol. The first-order valence-corrected chi connectivity index (χ1v) is 6.15. The molecule has 19 heavy (non-hydrogen) atoms. The van der Waals surface area contributed by atoms with Crippen molar-refractivity contribution in [3.05, 3.63) is 29.8 Å². The van der Waals surface area contributed by atoms with Crippen molar-refractivity contribution in [1.82, 2.24) is 0 Å². The lowest BCUT2D eigenvalue weighted by molar-refractivity contribution is -0.149. The minimum Gasteiger partial charge on any atom is -0.497 e. The molecule has 1 N–H and O–H groups in total. The number of carbonyl (C=O) groups is 1. The van der Waals surface area contributed by atoms with E-state index >= 15 is 0 Å². The lowest BCUT2D eigenvalue weighted by Gasteiger charge is -2.37. The van der Waals surface area contributed by atoms with E-state index in [-0.39, 0.29) is 12.8 Å². The second-order valence-corrected chi connectivity index (χ2v) is 4.98. The predicted molar refractivity (Wildman–Crippen MR) is 65.7 cm³/mol. The highest BCUT2D eigenvalue weighted by molar-refractivity contribution is 5.81. The Morgan fingerprint density at radius 2 is 1.89 bits per heavy atom. The molecule has 1 aromatic rings. The Morgan fingerprint density at radius 3 is 2.42 bits per heavy atom. The molecule has 0 aromatic heterocycles. The third-order valence-electron chi connectivity index (χ3n) is 3.87. The summed E-state index contributed by atoms with van der Waals surface area (Å²) in [7, 11) is 1.49. The Bertz CT molecular complexity index is 475. The summed E-state index contributed by atoms with van der Waals surface area (Å²) in [5, 5.41) is 9.49. The number of ether oxygens (including phenoxy) is 1. The van der Waals surface area contributed by atoms with Crippen LogP contribution in [0.1, 0.15) is 31.2 Å². The average molecular weight is 270 g/mol. The fraction of sp³-hybridized carbons (Fsp3) is 0.500. The first kappa shape index (κ1) is 13.8. The molecule has 0 spiro atoms. The normalized spacial score (nSPS) is 20.8. The SMILES string of the molecule is COc1cccc(C2(C(=O)O)CCC(F)(F)CC2)c1. The Balaban J connectivity index is 2.38. The number of carboxylic acids is 1. The number of carboxylic acid groups (broad SMARTS) is 1. The van der Waals surface area contributed by atoms with Crippen LogP contribution in [-0.2, 0) is 10.2 Å². The van der Waals surface area contributed by atoms with E-state index in [1.807, 2.05) is 0 Å². The van der Waals surface area contributed by atoms with Gasteiger partial charge >= 0.3 is 5.97 Å². The Kier molecular flexibility index (Phi) is 3.47. The maximum Gasteiger partial charge on any atom is 0.314 e. The minimum absolute atomic E-state index is 0.0531. The second-order valence-electron chi connectivity index (χ2n) is 4.98. The second kappa shape index (κ2) is 4.79. The van der Waals surface area contributed by atoms with Crippen molar-refractivity contribution in [2.45, 2.75) is 37.0 Å². The molecule has 0 radical (unpaired) electrons. The highest BCUT2D eigenvalue weighted by Crippen LogP contribution is 2.46. The zero-order chi connectivity index (χ0) is 14.1. The van der Waals surface area contributed by atoms with Crippen LogP contribution in [0.2, 0.25) is 0 Å². The van der Waals surface area contributed by atoms with Crippen LogP contribution in [0, 0.1) is 0 Å². The first-order chi connectivity index (χ1) is 8.89. The van der Waals surface area contributed by atoms with Gasteiger partial charge < -0.3 is 9.84 Å². The van der Waals surface area contributed by atoms with Crippen molar-refractivity contribution in [3.63, 3.8) is 0 Å². The van der Waals surface area contributed by atoms with Gasteiger partial charge in [0.05, 0.1) is 12.5 Å². The summed E-state index contributed by atoms with van der Waals surface area (Å²) >= 11 is 0. The quantitative estimate of drug-likeness (QED) is 0.917. The van der Waals surface area contributed by atoms with Crippen LogP contribution >= 0.6 is 0 Å². The van der Waals surface area contributed by atoms with Crippen molar-refractivity contribution < 1.29 is 23.4 Å². The van der Waals surface area contributed by atoms with Gasteiger partial charge in [-0.1, -0.05) is 12.1 Å². The smallest absolute Gasteiger partial charge is 0.314 e. The summed E-state index contributed by atoms with van der Waals surface area (Å²) in [6.07, 6.45) is -0.891. The number of methoxy groups -OCH3 is 1. The van der Waals surface area contributed by atoms with Crippen molar-refractivity contribution in [3.8, 4) is 5.75 Å². The van der Waals surface area contributed by atoms with Gasteiger partial charge in [-0.05, 0) is 30.5 Å². The van der Waals surface area contributed by atoms with Gasteiger partial charge in [0.15, 0.2) is 0 Å². The molecule has 104 valence electrons. The highest BCUT2D eigenvalue weighted by Gasteiger charge is 2.49. The van der Waals surface area contributed by atoms with E-state index in [0.717, 1.165) is 0 Å². The summed E-state index contributed by atoms with van der Waals surface area (Å²) in [5.74, 6) is -3.26. The van der Waals surface area contributed by atoms with Gasteiger partial charge in [-0.25, -0.2) is 8.78 Å². The summed E-state index contributed by atoms with van der Waals surface area (Å²) in [5.41, 5.74) is -0.689. The van der Waals surface area contributed by atoms with Crippen molar-refractivity contribution >= 4 is 5.97 Å².